The molecule has 0 radical (unpaired) electrons. The van der Waals surface area contributed by atoms with Crippen molar-refractivity contribution in [3.05, 3.63) is 28.8 Å². The van der Waals surface area contributed by atoms with Crippen LogP contribution in [0.2, 0.25) is 5.02 Å². The molecule has 0 spiro atoms. The monoisotopic (exact) mass is 282 g/mol. The molecule has 0 bridgehead atoms. The van der Waals surface area contributed by atoms with E-state index in [0.717, 1.165) is 49.5 Å². The van der Waals surface area contributed by atoms with Crippen LogP contribution in [0.15, 0.2) is 18.2 Å². The number of rotatable bonds is 9. The Morgan fingerprint density at radius 1 is 1.21 bits per heavy atom. The predicted octanol–water partition coefficient (Wildman–Crippen LogP) is 4.82. The number of carbonyl (C=O) groups is 1. The molecule has 0 aliphatic carbocycles. The summed E-state index contributed by atoms with van der Waals surface area (Å²) >= 11 is 6.09. The fourth-order valence-electron chi connectivity index (χ4n) is 1.95. The maximum atomic E-state index is 10.8. The lowest BCUT2D eigenvalue weighted by Crippen LogP contribution is -1.96. The van der Waals surface area contributed by atoms with E-state index < -0.39 is 0 Å². The highest BCUT2D eigenvalue weighted by Gasteiger charge is 2.01. The molecule has 0 aromatic heterocycles. The number of carbonyl (C=O) groups excluding carboxylic acids is 1. The Bertz CT molecular complexity index is 402. The van der Waals surface area contributed by atoms with Crippen LogP contribution in [0.25, 0.3) is 0 Å². The fraction of sp³-hybridized carbons (Fsp3) is 0.562. The first-order valence-corrected chi connectivity index (χ1v) is 7.41. The van der Waals surface area contributed by atoms with Crippen molar-refractivity contribution in [2.75, 3.05) is 6.61 Å². The van der Waals surface area contributed by atoms with Gasteiger partial charge in [-0.3, -0.25) is 0 Å². The molecule has 3 heteroatoms. The van der Waals surface area contributed by atoms with Crippen LogP contribution in [0.4, 0.5) is 0 Å². The van der Waals surface area contributed by atoms with Crippen molar-refractivity contribution < 1.29 is 9.53 Å². The molecular formula is C16H23ClO2. The number of ketones is 1. The van der Waals surface area contributed by atoms with Crippen molar-refractivity contribution in [2.45, 2.75) is 52.4 Å². The number of hydrogen-bond acceptors (Lipinski definition) is 2. The summed E-state index contributed by atoms with van der Waals surface area (Å²) in [5.41, 5.74) is 1.21. The van der Waals surface area contributed by atoms with E-state index in [9.17, 15) is 4.79 Å². The molecule has 0 saturated carbocycles. The molecule has 0 fully saturated rings. The molecule has 1 aromatic rings. The molecule has 19 heavy (non-hydrogen) atoms. The summed E-state index contributed by atoms with van der Waals surface area (Å²) in [4.78, 5) is 10.8. The van der Waals surface area contributed by atoms with E-state index in [0.29, 0.717) is 6.42 Å². The van der Waals surface area contributed by atoms with E-state index in [2.05, 4.69) is 13.0 Å². The number of benzene rings is 1. The van der Waals surface area contributed by atoms with E-state index in [4.69, 9.17) is 16.3 Å². The summed E-state index contributed by atoms with van der Waals surface area (Å²) in [6.45, 7) is 4.45. The number of halogens is 1. The third-order valence-corrected chi connectivity index (χ3v) is 3.12. The predicted molar refractivity (Wildman–Crippen MR) is 80.1 cm³/mol. The van der Waals surface area contributed by atoms with Crippen LogP contribution < -0.4 is 4.74 Å². The highest BCUT2D eigenvalue weighted by atomic mass is 35.5. The molecule has 0 aliphatic rings. The molecule has 0 amide bonds. The van der Waals surface area contributed by atoms with Crippen LogP contribution in [0, 0.1) is 0 Å². The zero-order valence-electron chi connectivity index (χ0n) is 11.9. The molecule has 1 aromatic carbocycles. The molecule has 106 valence electrons. The zero-order chi connectivity index (χ0) is 14.1. The van der Waals surface area contributed by atoms with Gasteiger partial charge in [0.1, 0.15) is 11.5 Å². The summed E-state index contributed by atoms with van der Waals surface area (Å²) in [6, 6.07) is 5.91. The van der Waals surface area contributed by atoms with Crippen molar-refractivity contribution in [2.24, 2.45) is 0 Å². The van der Waals surface area contributed by atoms with Crippen molar-refractivity contribution in [3.8, 4) is 5.75 Å². The Kier molecular flexibility index (Phi) is 7.57. The lowest BCUT2D eigenvalue weighted by Gasteiger charge is -2.08. The fourth-order valence-corrected chi connectivity index (χ4v) is 2.20. The average molecular weight is 283 g/mol. The molecule has 0 atom stereocenters. The number of Topliss-reactive ketones (excluding diaryl/α,β-unsaturated/α-hetero) is 1. The highest BCUT2D eigenvalue weighted by molar-refractivity contribution is 6.30. The Labute approximate surface area is 121 Å². The maximum absolute atomic E-state index is 10.8. The molecule has 0 saturated heterocycles. The second-order valence-corrected chi connectivity index (χ2v) is 5.34. The highest BCUT2D eigenvalue weighted by Crippen LogP contribution is 2.22. The first-order valence-electron chi connectivity index (χ1n) is 7.03. The van der Waals surface area contributed by atoms with Gasteiger partial charge >= 0.3 is 0 Å². The van der Waals surface area contributed by atoms with Crippen molar-refractivity contribution in [3.63, 3.8) is 0 Å². The third kappa shape index (κ3) is 7.22. The van der Waals surface area contributed by atoms with Crippen molar-refractivity contribution in [1.82, 2.24) is 0 Å². The van der Waals surface area contributed by atoms with E-state index >= 15 is 0 Å². The van der Waals surface area contributed by atoms with Crippen LogP contribution in [-0.2, 0) is 11.2 Å². The minimum atomic E-state index is 0.276. The first-order chi connectivity index (χ1) is 9.11. The second-order valence-electron chi connectivity index (χ2n) is 4.91. The Hall–Kier alpha value is -1.02. The van der Waals surface area contributed by atoms with Gasteiger partial charge in [-0.15, -0.1) is 0 Å². The SMILES string of the molecule is CCCOc1cc(Cl)cc(CCCCCC(C)=O)c1. The Morgan fingerprint density at radius 2 is 2.00 bits per heavy atom. The standard InChI is InChI=1S/C16H23ClO2/c1-3-9-19-16-11-14(10-15(17)12-16)8-6-4-5-7-13(2)18/h10-12H,3-9H2,1-2H3. The van der Waals surface area contributed by atoms with E-state index in [1.54, 1.807) is 6.92 Å². The van der Waals surface area contributed by atoms with Gasteiger partial charge in [-0.05, 0) is 56.4 Å². The average Bonchev–Trinajstić information content (AvgIpc) is 2.35. The van der Waals surface area contributed by atoms with Gasteiger partial charge in [-0.2, -0.15) is 0 Å². The van der Waals surface area contributed by atoms with Crippen LogP contribution >= 0.6 is 11.6 Å². The van der Waals surface area contributed by atoms with Crippen LogP contribution in [0.1, 0.15) is 51.5 Å². The van der Waals surface area contributed by atoms with Crippen LogP contribution in [0.3, 0.4) is 0 Å². The molecule has 0 heterocycles. The smallest absolute Gasteiger partial charge is 0.129 e. The van der Waals surface area contributed by atoms with Gasteiger partial charge in [0.05, 0.1) is 6.61 Å². The van der Waals surface area contributed by atoms with Gasteiger partial charge in [0.2, 0.25) is 0 Å². The van der Waals surface area contributed by atoms with E-state index in [-0.39, 0.29) is 5.78 Å². The van der Waals surface area contributed by atoms with E-state index in [1.165, 1.54) is 5.56 Å². The molecule has 0 unspecified atom stereocenters. The number of hydrogen-bond donors (Lipinski definition) is 0. The summed E-state index contributed by atoms with van der Waals surface area (Å²) in [5.74, 6) is 1.13. The maximum Gasteiger partial charge on any atom is 0.129 e. The molecule has 0 N–H and O–H groups in total. The quantitative estimate of drug-likeness (QED) is 0.607. The first kappa shape index (κ1) is 16.0. The van der Waals surface area contributed by atoms with E-state index in [1.807, 2.05) is 12.1 Å². The van der Waals surface area contributed by atoms with Gasteiger partial charge < -0.3 is 9.53 Å². The zero-order valence-corrected chi connectivity index (χ0v) is 12.6. The number of ether oxygens (including phenoxy) is 1. The summed E-state index contributed by atoms with van der Waals surface area (Å²) in [5, 5.41) is 0.729. The lowest BCUT2D eigenvalue weighted by atomic mass is 10.1. The largest absolute Gasteiger partial charge is 0.494 e. The van der Waals surface area contributed by atoms with Gasteiger partial charge in [-0.25, -0.2) is 0 Å². The van der Waals surface area contributed by atoms with Gasteiger partial charge in [-0.1, -0.05) is 24.9 Å². The summed E-state index contributed by atoms with van der Waals surface area (Å²) in [7, 11) is 0. The van der Waals surface area contributed by atoms with Crippen molar-refractivity contribution in [1.29, 1.82) is 0 Å². The third-order valence-electron chi connectivity index (χ3n) is 2.90. The molecule has 1 rings (SSSR count). The normalized spacial score (nSPS) is 10.5. The molecular weight excluding hydrogens is 260 g/mol. The van der Waals surface area contributed by atoms with Crippen molar-refractivity contribution >= 4 is 17.4 Å². The summed E-state index contributed by atoms with van der Waals surface area (Å²) < 4.78 is 5.61. The van der Waals surface area contributed by atoms with Crippen LogP contribution in [0.5, 0.6) is 5.75 Å². The van der Waals surface area contributed by atoms with Crippen LogP contribution in [-0.4, -0.2) is 12.4 Å². The Morgan fingerprint density at radius 3 is 2.68 bits per heavy atom. The lowest BCUT2D eigenvalue weighted by molar-refractivity contribution is -0.117. The Balaban J connectivity index is 2.40. The molecule has 0 aliphatic heterocycles. The number of aryl methyl sites for hydroxylation is 1. The minimum Gasteiger partial charge on any atom is -0.494 e. The molecule has 2 nitrogen and oxygen atoms in total. The van der Waals surface area contributed by atoms with Gasteiger partial charge in [0, 0.05) is 11.4 Å². The minimum absolute atomic E-state index is 0.276. The van der Waals surface area contributed by atoms with Gasteiger partial charge in [0.25, 0.3) is 0 Å². The second kappa shape index (κ2) is 8.98. The number of unbranched alkanes of at least 4 members (excludes halogenated alkanes) is 2. The summed E-state index contributed by atoms with van der Waals surface area (Å²) in [6.07, 6.45) is 5.82. The topological polar surface area (TPSA) is 26.3 Å². The van der Waals surface area contributed by atoms with Gasteiger partial charge in [0.15, 0.2) is 0 Å².